The first-order valence-corrected chi connectivity index (χ1v) is 9.34. The summed E-state index contributed by atoms with van der Waals surface area (Å²) in [6.45, 7) is 5.60. The van der Waals surface area contributed by atoms with Crippen LogP contribution in [0.4, 0.5) is 10.5 Å². The van der Waals surface area contributed by atoms with Gasteiger partial charge in [-0.3, -0.25) is 4.90 Å². The van der Waals surface area contributed by atoms with Crippen molar-refractivity contribution in [1.29, 1.82) is 5.26 Å². The Hall–Kier alpha value is -2.23. The number of hydrogen-bond acceptors (Lipinski definition) is 4. The molecule has 2 rings (SSSR count). The Balaban J connectivity index is 2.48. The second-order valence-electron chi connectivity index (χ2n) is 6.82. The average molecular weight is 452 g/mol. The van der Waals surface area contributed by atoms with Crippen molar-refractivity contribution in [1.82, 2.24) is 0 Å². The molecule has 0 fully saturated rings. The molecule has 2 aromatic rings. The number of hydrogen-bond donors (Lipinski definition) is 0. The molecule has 0 aliphatic rings. The predicted molar refractivity (Wildman–Crippen MR) is 109 cm³/mol. The lowest BCUT2D eigenvalue weighted by atomic mass is 10.1. The van der Waals surface area contributed by atoms with Gasteiger partial charge < -0.3 is 9.47 Å². The summed E-state index contributed by atoms with van der Waals surface area (Å²) in [5.74, 6) is 0.717. The van der Waals surface area contributed by atoms with E-state index in [0.29, 0.717) is 20.7 Å². The van der Waals surface area contributed by atoms with Crippen LogP contribution in [0.25, 0.3) is 0 Å². The molecule has 0 radical (unpaired) electrons. The van der Waals surface area contributed by atoms with Crippen molar-refractivity contribution >= 4 is 39.3 Å². The number of carbonyl (C=O) groups is 1. The summed E-state index contributed by atoms with van der Waals surface area (Å²) in [5, 5.41) is 9.60. The Morgan fingerprint density at radius 1 is 1.26 bits per heavy atom. The van der Waals surface area contributed by atoms with E-state index in [1.165, 1.54) is 4.90 Å². The lowest BCUT2D eigenvalue weighted by Crippen LogP contribution is -2.36. The zero-order valence-electron chi connectivity index (χ0n) is 15.5. The van der Waals surface area contributed by atoms with E-state index in [1.54, 1.807) is 40.0 Å². The highest BCUT2D eigenvalue weighted by molar-refractivity contribution is 9.10. The minimum absolute atomic E-state index is 0.222. The number of nitriles is 1. The van der Waals surface area contributed by atoms with Gasteiger partial charge in [-0.25, -0.2) is 4.79 Å². The third kappa shape index (κ3) is 5.62. The first-order valence-electron chi connectivity index (χ1n) is 8.17. The lowest BCUT2D eigenvalue weighted by Gasteiger charge is -2.28. The molecule has 0 aliphatic heterocycles. The number of amides is 1. The average Bonchev–Trinajstić information content (AvgIpc) is 2.61. The maximum absolute atomic E-state index is 12.9. The van der Waals surface area contributed by atoms with Crippen molar-refractivity contribution < 1.29 is 14.3 Å². The number of nitrogens with zero attached hydrogens (tertiary/aromatic N) is 2. The highest BCUT2D eigenvalue weighted by Gasteiger charge is 2.26. The molecule has 0 bridgehead atoms. The molecule has 0 atom stereocenters. The lowest BCUT2D eigenvalue weighted by molar-refractivity contribution is 0.0577. The number of rotatable bonds is 4. The first kappa shape index (κ1) is 21.1. The summed E-state index contributed by atoms with van der Waals surface area (Å²) in [7, 11) is 1.59. The van der Waals surface area contributed by atoms with Gasteiger partial charge in [-0.05, 0) is 66.5 Å². The Morgan fingerprint density at radius 3 is 2.41 bits per heavy atom. The Labute approximate surface area is 172 Å². The van der Waals surface area contributed by atoms with E-state index in [-0.39, 0.29) is 6.54 Å². The van der Waals surface area contributed by atoms with Gasteiger partial charge in [0, 0.05) is 4.47 Å². The summed E-state index contributed by atoms with van der Waals surface area (Å²) in [4.78, 5) is 14.3. The van der Waals surface area contributed by atoms with E-state index in [0.717, 1.165) is 11.3 Å². The fraction of sp³-hybridized carbons (Fsp3) is 0.300. The number of carbonyl (C=O) groups excluding carboxylic acids is 1. The SMILES string of the molecule is COc1ccc(CN(C(=O)OC(C)(C)C)c2cc(C#N)cc(Br)c2Cl)cc1. The van der Waals surface area contributed by atoms with Crippen LogP contribution in [0, 0.1) is 11.3 Å². The minimum Gasteiger partial charge on any atom is -0.497 e. The molecular formula is C20H20BrClN2O3. The van der Waals surface area contributed by atoms with Crippen LogP contribution in [0.1, 0.15) is 31.9 Å². The molecule has 27 heavy (non-hydrogen) atoms. The van der Waals surface area contributed by atoms with Crippen LogP contribution in [0.2, 0.25) is 5.02 Å². The first-order chi connectivity index (χ1) is 12.6. The maximum Gasteiger partial charge on any atom is 0.415 e. The number of anilines is 1. The van der Waals surface area contributed by atoms with Gasteiger partial charge in [-0.15, -0.1) is 0 Å². The van der Waals surface area contributed by atoms with E-state index in [2.05, 4.69) is 22.0 Å². The molecule has 1 amide bonds. The third-order valence-electron chi connectivity index (χ3n) is 3.54. The van der Waals surface area contributed by atoms with Gasteiger partial charge in [0.05, 0.1) is 36.0 Å². The largest absolute Gasteiger partial charge is 0.497 e. The van der Waals surface area contributed by atoms with Crippen LogP contribution in [0.3, 0.4) is 0 Å². The van der Waals surface area contributed by atoms with E-state index >= 15 is 0 Å². The number of ether oxygens (including phenoxy) is 2. The number of methoxy groups -OCH3 is 1. The summed E-state index contributed by atoms with van der Waals surface area (Å²) >= 11 is 9.76. The van der Waals surface area contributed by atoms with Gasteiger partial charge in [-0.2, -0.15) is 5.26 Å². The van der Waals surface area contributed by atoms with Crippen molar-refractivity contribution in [3.63, 3.8) is 0 Å². The van der Waals surface area contributed by atoms with Gasteiger partial charge in [0.1, 0.15) is 11.4 Å². The number of halogens is 2. The smallest absolute Gasteiger partial charge is 0.415 e. The zero-order chi connectivity index (χ0) is 20.2. The molecule has 0 unspecified atom stereocenters. The molecule has 0 N–H and O–H groups in total. The molecular weight excluding hydrogens is 432 g/mol. The van der Waals surface area contributed by atoms with Crippen molar-refractivity contribution in [3.05, 3.63) is 57.0 Å². The van der Waals surface area contributed by atoms with Crippen LogP contribution < -0.4 is 9.64 Å². The normalized spacial score (nSPS) is 10.9. The Kier molecular flexibility index (Phi) is 6.74. The molecule has 2 aromatic carbocycles. The maximum atomic E-state index is 12.9. The molecule has 7 heteroatoms. The molecule has 0 saturated carbocycles. The van der Waals surface area contributed by atoms with Crippen molar-refractivity contribution in [2.45, 2.75) is 32.9 Å². The van der Waals surface area contributed by atoms with E-state index in [9.17, 15) is 10.1 Å². The molecule has 0 heterocycles. The second kappa shape index (κ2) is 8.64. The van der Waals surface area contributed by atoms with Crippen LogP contribution in [-0.2, 0) is 11.3 Å². The van der Waals surface area contributed by atoms with Gasteiger partial charge in [0.25, 0.3) is 0 Å². The molecule has 5 nitrogen and oxygen atoms in total. The quantitative estimate of drug-likeness (QED) is 0.578. The van der Waals surface area contributed by atoms with Crippen molar-refractivity contribution in [2.24, 2.45) is 0 Å². The molecule has 0 aromatic heterocycles. The van der Waals surface area contributed by atoms with Crippen LogP contribution in [0.15, 0.2) is 40.9 Å². The van der Waals surface area contributed by atoms with Crippen molar-refractivity contribution in [2.75, 3.05) is 12.0 Å². The fourth-order valence-corrected chi connectivity index (χ4v) is 2.98. The van der Waals surface area contributed by atoms with Gasteiger partial charge in [0.2, 0.25) is 0 Å². The van der Waals surface area contributed by atoms with E-state index in [4.69, 9.17) is 21.1 Å². The molecule has 0 spiro atoms. The van der Waals surface area contributed by atoms with Crippen molar-refractivity contribution in [3.8, 4) is 11.8 Å². The third-order valence-corrected chi connectivity index (χ3v) is 4.79. The summed E-state index contributed by atoms with van der Waals surface area (Å²) in [5.41, 5.74) is 0.958. The Morgan fingerprint density at radius 2 is 1.89 bits per heavy atom. The van der Waals surface area contributed by atoms with Gasteiger partial charge in [0.15, 0.2) is 0 Å². The standard InChI is InChI=1S/C20H20BrClN2O3/c1-20(2,3)27-19(25)24(12-13-5-7-15(26-4)8-6-13)17-10-14(11-23)9-16(21)18(17)22/h5-10H,12H2,1-4H3. The van der Waals surface area contributed by atoms with E-state index in [1.807, 2.05) is 24.3 Å². The van der Waals surface area contributed by atoms with E-state index < -0.39 is 11.7 Å². The minimum atomic E-state index is -0.675. The highest BCUT2D eigenvalue weighted by atomic mass is 79.9. The zero-order valence-corrected chi connectivity index (χ0v) is 17.9. The van der Waals surface area contributed by atoms with Gasteiger partial charge >= 0.3 is 6.09 Å². The van der Waals surface area contributed by atoms with Crippen LogP contribution in [-0.4, -0.2) is 18.8 Å². The predicted octanol–water partition coefficient (Wildman–Crippen LogP) is 5.92. The monoisotopic (exact) mass is 450 g/mol. The molecule has 142 valence electrons. The molecule has 0 saturated heterocycles. The van der Waals surface area contributed by atoms with Crippen LogP contribution in [0.5, 0.6) is 5.75 Å². The fourth-order valence-electron chi connectivity index (χ4n) is 2.31. The highest BCUT2D eigenvalue weighted by Crippen LogP contribution is 2.36. The summed E-state index contributed by atoms with van der Waals surface area (Å²) < 4.78 is 11.2. The van der Waals surface area contributed by atoms with Gasteiger partial charge in [-0.1, -0.05) is 23.7 Å². The topological polar surface area (TPSA) is 62.6 Å². The summed E-state index contributed by atoms with van der Waals surface area (Å²) in [6.07, 6.45) is -0.554. The Bertz CT molecular complexity index is 871. The molecule has 0 aliphatic carbocycles. The number of benzene rings is 2. The summed E-state index contributed by atoms with van der Waals surface area (Å²) in [6, 6.07) is 12.6. The second-order valence-corrected chi connectivity index (χ2v) is 8.05. The van der Waals surface area contributed by atoms with Crippen LogP contribution >= 0.6 is 27.5 Å².